The van der Waals surface area contributed by atoms with E-state index in [1.165, 1.54) is 12.4 Å². The number of nitrogens with zero attached hydrogens (tertiary/aromatic N) is 3. The Morgan fingerprint density at radius 2 is 2.14 bits per heavy atom. The maximum atomic E-state index is 12.4. The number of hydrogen-bond acceptors (Lipinski definition) is 6. The highest BCUT2D eigenvalue weighted by Crippen LogP contribution is 2.40. The van der Waals surface area contributed by atoms with Gasteiger partial charge in [-0.25, -0.2) is 14.8 Å². The van der Waals surface area contributed by atoms with Gasteiger partial charge < -0.3 is 14.7 Å². The molecule has 0 aliphatic carbocycles. The minimum atomic E-state index is -1.11. The molecule has 1 unspecified atom stereocenters. The summed E-state index contributed by atoms with van der Waals surface area (Å²) in [6.45, 7) is 7.36. The van der Waals surface area contributed by atoms with Crippen molar-refractivity contribution in [2.75, 3.05) is 24.6 Å². The van der Waals surface area contributed by atoms with E-state index < -0.39 is 11.4 Å². The number of carbonyl (C=O) groups is 2. The Hall–Kier alpha value is -2.18. The van der Waals surface area contributed by atoms with Crippen molar-refractivity contribution in [3.63, 3.8) is 0 Å². The number of hydrogen-bond donors (Lipinski definition) is 1. The van der Waals surface area contributed by atoms with Crippen molar-refractivity contribution in [1.82, 2.24) is 9.97 Å². The quantitative estimate of drug-likeness (QED) is 0.826. The van der Waals surface area contributed by atoms with Crippen LogP contribution in [0.25, 0.3) is 0 Å². The number of ether oxygens (including phenoxy) is 1. The minimum Gasteiger partial charge on any atom is -0.476 e. The first-order chi connectivity index (χ1) is 10.4. The fraction of sp³-hybridized carbons (Fsp3) is 0.600. The Morgan fingerprint density at radius 3 is 2.64 bits per heavy atom. The molecule has 2 rings (SSSR count). The van der Waals surface area contributed by atoms with Crippen LogP contribution in [0.5, 0.6) is 0 Å². The van der Waals surface area contributed by atoms with E-state index in [0.29, 0.717) is 31.9 Å². The molecule has 22 heavy (non-hydrogen) atoms. The van der Waals surface area contributed by atoms with E-state index in [-0.39, 0.29) is 17.6 Å². The highest BCUT2D eigenvalue weighted by molar-refractivity contribution is 5.85. The lowest BCUT2D eigenvalue weighted by Crippen LogP contribution is -2.40. The Morgan fingerprint density at radius 1 is 1.41 bits per heavy atom. The van der Waals surface area contributed by atoms with Crippen molar-refractivity contribution >= 4 is 17.8 Å². The van der Waals surface area contributed by atoms with Crippen molar-refractivity contribution in [1.29, 1.82) is 0 Å². The Labute approximate surface area is 129 Å². The molecule has 1 saturated heterocycles. The van der Waals surface area contributed by atoms with E-state index in [9.17, 15) is 9.59 Å². The van der Waals surface area contributed by atoms with E-state index in [1.54, 1.807) is 6.92 Å². The molecule has 1 N–H and O–H groups in total. The highest BCUT2D eigenvalue weighted by atomic mass is 16.5. The summed E-state index contributed by atoms with van der Waals surface area (Å²) >= 11 is 0. The van der Waals surface area contributed by atoms with Gasteiger partial charge in [0.1, 0.15) is 5.82 Å². The maximum Gasteiger partial charge on any atom is 0.356 e. The number of carbonyl (C=O) groups excluding carboxylic acids is 1. The molecule has 1 aromatic heterocycles. The van der Waals surface area contributed by atoms with Crippen LogP contribution in [0.2, 0.25) is 0 Å². The molecule has 1 aliphatic heterocycles. The summed E-state index contributed by atoms with van der Waals surface area (Å²) in [5.74, 6) is -0.564. The lowest BCUT2D eigenvalue weighted by atomic mass is 9.76. The smallest absolute Gasteiger partial charge is 0.356 e. The van der Waals surface area contributed by atoms with Gasteiger partial charge >= 0.3 is 11.9 Å². The summed E-state index contributed by atoms with van der Waals surface area (Å²) < 4.78 is 5.25. The molecule has 120 valence electrons. The van der Waals surface area contributed by atoms with Crippen LogP contribution in [-0.2, 0) is 9.53 Å². The fourth-order valence-electron chi connectivity index (χ4n) is 2.77. The zero-order chi connectivity index (χ0) is 16.3. The molecule has 1 atom stereocenters. The van der Waals surface area contributed by atoms with Crippen molar-refractivity contribution < 1.29 is 19.4 Å². The summed E-state index contributed by atoms with van der Waals surface area (Å²) in [5, 5.41) is 8.85. The van der Waals surface area contributed by atoms with Gasteiger partial charge in [0.25, 0.3) is 0 Å². The van der Waals surface area contributed by atoms with Crippen LogP contribution in [0.4, 0.5) is 5.82 Å². The standard InChI is InChI=1S/C15H21N3O4/c1-4-22-14(21)15(10(2)3)5-6-18(9-15)12-8-16-11(7-17-12)13(19)20/h7-8,10H,4-6,9H2,1-3H3,(H,19,20). The number of aromatic nitrogens is 2. The van der Waals surface area contributed by atoms with E-state index >= 15 is 0 Å². The normalized spacial score (nSPS) is 21.2. The van der Waals surface area contributed by atoms with Crippen molar-refractivity contribution in [2.45, 2.75) is 27.2 Å². The van der Waals surface area contributed by atoms with Gasteiger partial charge in [-0.15, -0.1) is 0 Å². The van der Waals surface area contributed by atoms with E-state index in [4.69, 9.17) is 9.84 Å². The first kappa shape index (κ1) is 16.2. The second-order valence-corrected chi connectivity index (χ2v) is 5.77. The number of esters is 1. The number of rotatable bonds is 5. The molecule has 0 radical (unpaired) electrons. The van der Waals surface area contributed by atoms with Crippen LogP contribution in [0.1, 0.15) is 37.7 Å². The van der Waals surface area contributed by atoms with Gasteiger partial charge in [0, 0.05) is 13.1 Å². The summed E-state index contributed by atoms with van der Waals surface area (Å²) in [7, 11) is 0. The number of aromatic carboxylic acids is 1. The molecular weight excluding hydrogens is 286 g/mol. The van der Waals surface area contributed by atoms with Gasteiger partial charge in [0.05, 0.1) is 24.4 Å². The molecule has 0 spiro atoms. The molecule has 0 aromatic carbocycles. The van der Waals surface area contributed by atoms with Crippen LogP contribution in [0.3, 0.4) is 0 Å². The fourth-order valence-corrected chi connectivity index (χ4v) is 2.77. The molecule has 0 saturated carbocycles. The predicted octanol–water partition coefficient (Wildman–Crippen LogP) is 1.59. The first-order valence-electron chi connectivity index (χ1n) is 7.38. The first-order valence-corrected chi connectivity index (χ1v) is 7.38. The number of anilines is 1. The molecule has 0 bridgehead atoms. The zero-order valence-electron chi connectivity index (χ0n) is 13.1. The molecule has 1 aliphatic rings. The van der Waals surface area contributed by atoms with Crippen LogP contribution < -0.4 is 4.90 Å². The third kappa shape index (κ3) is 2.88. The second kappa shape index (κ2) is 6.29. The van der Waals surface area contributed by atoms with Crippen LogP contribution in [0.15, 0.2) is 12.4 Å². The Kier molecular flexibility index (Phi) is 4.63. The third-order valence-corrected chi connectivity index (χ3v) is 4.27. The molecule has 7 nitrogen and oxygen atoms in total. The Balaban J connectivity index is 2.19. The van der Waals surface area contributed by atoms with Crippen molar-refractivity contribution in [2.24, 2.45) is 11.3 Å². The average molecular weight is 307 g/mol. The minimum absolute atomic E-state index is 0.0940. The van der Waals surface area contributed by atoms with Gasteiger partial charge in [-0.1, -0.05) is 13.8 Å². The van der Waals surface area contributed by atoms with E-state index in [2.05, 4.69) is 9.97 Å². The molecule has 0 amide bonds. The monoisotopic (exact) mass is 307 g/mol. The number of carboxylic acids is 1. The average Bonchev–Trinajstić information content (AvgIpc) is 2.94. The van der Waals surface area contributed by atoms with E-state index in [1.807, 2.05) is 18.7 Å². The summed E-state index contributed by atoms with van der Waals surface area (Å²) in [6.07, 6.45) is 3.36. The second-order valence-electron chi connectivity index (χ2n) is 5.77. The SMILES string of the molecule is CCOC(=O)C1(C(C)C)CCN(c2cnc(C(=O)O)cn2)C1. The summed E-state index contributed by atoms with van der Waals surface area (Å²) in [5.41, 5.74) is -0.646. The lowest BCUT2D eigenvalue weighted by Gasteiger charge is -2.30. The topological polar surface area (TPSA) is 92.6 Å². The van der Waals surface area contributed by atoms with Gasteiger partial charge in [0.15, 0.2) is 5.69 Å². The molecule has 1 aromatic rings. The van der Waals surface area contributed by atoms with Gasteiger partial charge in [0.2, 0.25) is 0 Å². The molecule has 7 heteroatoms. The maximum absolute atomic E-state index is 12.4. The van der Waals surface area contributed by atoms with E-state index in [0.717, 1.165) is 0 Å². The number of carboxylic acid groups (broad SMARTS) is 1. The van der Waals surface area contributed by atoms with Gasteiger partial charge in [-0.2, -0.15) is 0 Å². The largest absolute Gasteiger partial charge is 0.476 e. The highest BCUT2D eigenvalue weighted by Gasteiger charge is 2.48. The third-order valence-electron chi connectivity index (χ3n) is 4.27. The molecular formula is C15H21N3O4. The molecule has 2 heterocycles. The zero-order valence-corrected chi connectivity index (χ0v) is 13.1. The van der Waals surface area contributed by atoms with Gasteiger partial charge in [-0.3, -0.25) is 4.79 Å². The van der Waals surface area contributed by atoms with Crippen molar-refractivity contribution in [3.05, 3.63) is 18.1 Å². The summed E-state index contributed by atoms with van der Waals surface area (Å²) in [6, 6.07) is 0. The van der Waals surface area contributed by atoms with Crippen molar-refractivity contribution in [3.8, 4) is 0 Å². The lowest BCUT2D eigenvalue weighted by molar-refractivity contribution is -0.156. The van der Waals surface area contributed by atoms with Crippen LogP contribution >= 0.6 is 0 Å². The van der Waals surface area contributed by atoms with Crippen LogP contribution in [-0.4, -0.2) is 46.7 Å². The Bertz CT molecular complexity index is 558. The van der Waals surface area contributed by atoms with Crippen LogP contribution in [0, 0.1) is 11.3 Å². The molecule has 1 fully saturated rings. The summed E-state index contributed by atoms with van der Waals surface area (Å²) in [4.78, 5) is 33.1. The van der Waals surface area contributed by atoms with Gasteiger partial charge in [-0.05, 0) is 19.3 Å². The predicted molar refractivity (Wildman–Crippen MR) is 79.7 cm³/mol.